The topological polar surface area (TPSA) is 172 Å². The van der Waals surface area contributed by atoms with Crippen molar-refractivity contribution >= 4 is 27.8 Å². The molecule has 0 bridgehead atoms. The Hall–Kier alpha value is -3.91. The van der Waals surface area contributed by atoms with E-state index >= 15 is 0 Å². The molecule has 6 N–H and O–H groups in total. The number of hydrogen-bond donors (Lipinski definition) is 6. The van der Waals surface area contributed by atoms with Crippen LogP contribution < -0.4 is 19.5 Å². The fourth-order valence-electron chi connectivity index (χ4n) is 4.91. The molecule has 12 nitrogen and oxygen atoms in total. The average Bonchev–Trinajstić information content (AvgIpc) is 3.39. The number of hydrogen-bond acceptors (Lipinski definition) is 10. The van der Waals surface area contributed by atoms with E-state index in [0.29, 0.717) is 30.4 Å². The largest absolute Gasteiger partial charge is 0.493 e. The molecular weight excluding hydrogens is 548 g/mol. The van der Waals surface area contributed by atoms with Gasteiger partial charge in [0.15, 0.2) is 23.9 Å². The Morgan fingerprint density at radius 2 is 1.62 bits per heavy atom. The van der Waals surface area contributed by atoms with E-state index < -0.39 is 42.8 Å². The van der Waals surface area contributed by atoms with E-state index in [4.69, 9.17) is 23.7 Å². The maximum absolute atomic E-state index is 11.6. The van der Waals surface area contributed by atoms with Crippen molar-refractivity contribution in [2.45, 2.75) is 36.8 Å². The Labute approximate surface area is 241 Å². The van der Waals surface area contributed by atoms with Crippen LogP contribution in [0, 0.1) is 0 Å². The fourth-order valence-corrected chi connectivity index (χ4v) is 4.91. The Kier molecular flexibility index (Phi) is 9.42. The van der Waals surface area contributed by atoms with Crippen LogP contribution in [0.4, 0.5) is 0 Å². The van der Waals surface area contributed by atoms with Crippen molar-refractivity contribution in [3.05, 3.63) is 66.7 Å². The second-order valence-electron chi connectivity index (χ2n) is 9.86. The third-order valence-corrected chi connectivity index (χ3v) is 7.03. The molecule has 2 heterocycles. The summed E-state index contributed by atoms with van der Waals surface area (Å²) in [5.41, 5.74) is 1.85. The van der Waals surface area contributed by atoms with E-state index in [0.717, 1.165) is 21.8 Å². The highest BCUT2D eigenvalue weighted by Gasteiger charge is 2.48. The molecule has 0 unspecified atom stereocenters. The number of benzene rings is 3. The van der Waals surface area contributed by atoms with Crippen LogP contribution in [0.25, 0.3) is 21.8 Å². The molecule has 5 rings (SSSR count). The lowest BCUT2D eigenvalue weighted by Crippen LogP contribution is -2.61. The molecule has 1 fully saturated rings. The number of nitrogens with one attached hydrogen (secondary N) is 2. The van der Waals surface area contributed by atoms with Gasteiger partial charge in [-0.3, -0.25) is 0 Å². The highest BCUT2D eigenvalue weighted by atomic mass is 16.7. The maximum atomic E-state index is 11.6. The van der Waals surface area contributed by atoms with Crippen LogP contribution in [0.1, 0.15) is 0 Å². The van der Waals surface area contributed by atoms with Gasteiger partial charge < -0.3 is 54.4 Å². The highest BCUT2D eigenvalue weighted by molar-refractivity contribution is 6.10. The van der Waals surface area contributed by atoms with Crippen LogP contribution in [-0.2, 0) is 14.3 Å². The highest BCUT2D eigenvalue weighted by Crippen LogP contribution is 2.33. The second-order valence-corrected chi connectivity index (χ2v) is 9.86. The van der Waals surface area contributed by atoms with E-state index in [9.17, 15) is 25.2 Å². The summed E-state index contributed by atoms with van der Waals surface area (Å²) in [6.45, 7) is 0.893. The molecule has 1 aliphatic heterocycles. The van der Waals surface area contributed by atoms with Gasteiger partial charge in [0.25, 0.3) is 0 Å². The summed E-state index contributed by atoms with van der Waals surface area (Å²) in [6.07, 6.45) is -9.38. The van der Waals surface area contributed by atoms with Gasteiger partial charge in [-0.1, -0.05) is 36.4 Å². The Balaban J connectivity index is 1.28. The number of aliphatic hydroxyl groups is 3. The van der Waals surface area contributed by atoms with Gasteiger partial charge in [-0.05, 0) is 30.3 Å². The molecule has 3 aromatic carbocycles. The lowest BCUT2D eigenvalue weighted by Gasteiger charge is -2.39. The third kappa shape index (κ3) is 6.44. The van der Waals surface area contributed by atoms with Crippen molar-refractivity contribution in [1.29, 1.82) is 0 Å². The minimum absolute atomic E-state index is 0.0120. The predicted octanol–water partition coefficient (Wildman–Crippen LogP) is 1.65. The number of fused-ring (bicyclic) bond motifs is 3. The van der Waals surface area contributed by atoms with Crippen LogP contribution in [0.15, 0.2) is 66.7 Å². The molecular formula is C30H34N2O10. The number of H-pyrrole nitrogens is 1. The molecule has 224 valence electrons. The zero-order valence-corrected chi connectivity index (χ0v) is 22.9. The zero-order valence-electron chi connectivity index (χ0n) is 22.9. The summed E-state index contributed by atoms with van der Waals surface area (Å²) in [5, 5.41) is 45.3. The van der Waals surface area contributed by atoms with Gasteiger partial charge in [-0.25, -0.2) is 4.79 Å². The molecule has 42 heavy (non-hydrogen) atoms. The standard InChI is InChI=1S/C30H34N2O10/c1-38-21-10-4-5-11-22(21)39-14-13-31-15-17(41-30-27(35)25(33)26(34)28(42-30)29(36)37)16-40-23-12-6-9-20-24(23)18-7-2-3-8-19(18)32-20/h2-12,17,25-28,30-35H,13-16H2,1H3,(H,36,37)/t17-,25+,26+,27+,28-,30-/m1/s1. The summed E-state index contributed by atoms with van der Waals surface area (Å²) < 4.78 is 28.6. The van der Waals surface area contributed by atoms with Gasteiger partial charge >= 0.3 is 5.97 Å². The van der Waals surface area contributed by atoms with E-state index in [1.165, 1.54) is 0 Å². The Bertz CT molecular complexity index is 1490. The number of ether oxygens (including phenoxy) is 5. The first-order valence-electron chi connectivity index (χ1n) is 13.5. The first-order chi connectivity index (χ1) is 20.4. The summed E-state index contributed by atoms with van der Waals surface area (Å²) in [7, 11) is 1.56. The number of carbonyl (C=O) groups is 1. The lowest BCUT2D eigenvalue weighted by molar-refractivity contribution is -0.305. The van der Waals surface area contributed by atoms with Crippen molar-refractivity contribution in [3.8, 4) is 17.2 Å². The smallest absolute Gasteiger partial charge is 0.335 e. The molecule has 1 aromatic heterocycles. The number of aromatic nitrogens is 1. The average molecular weight is 583 g/mol. The van der Waals surface area contributed by atoms with E-state index in [1.54, 1.807) is 19.2 Å². The summed E-state index contributed by atoms with van der Waals surface area (Å²) in [5.74, 6) is 0.306. The molecule has 0 amide bonds. The molecule has 0 saturated carbocycles. The minimum Gasteiger partial charge on any atom is -0.493 e. The maximum Gasteiger partial charge on any atom is 0.335 e. The number of carboxylic acids is 1. The van der Waals surface area contributed by atoms with Gasteiger partial charge in [0, 0.05) is 29.4 Å². The summed E-state index contributed by atoms with van der Waals surface area (Å²) in [4.78, 5) is 14.9. The van der Waals surface area contributed by atoms with Crippen molar-refractivity contribution in [1.82, 2.24) is 10.3 Å². The monoisotopic (exact) mass is 582 g/mol. The molecule has 12 heteroatoms. The number of para-hydroxylation sites is 3. The molecule has 0 radical (unpaired) electrons. The number of aliphatic hydroxyl groups excluding tert-OH is 3. The molecule has 4 aromatic rings. The quantitative estimate of drug-likeness (QED) is 0.127. The predicted molar refractivity (Wildman–Crippen MR) is 152 cm³/mol. The van der Waals surface area contributed by atoms with E-state index in [2.05, 4.69) is 10.3 Å². The normalized spacial score (nSPS) is 23.1. The minimum atomic E-state index is -1.82. The number of methoxy groups -OCH3 is 1. The first-order valence-corrected chi connectivity index (χ1v) is 13.5. The third-order valence-electron chi connectivity index (χ3n) is 7.03. The van der Waals surface area contributed by atoms with Gasteiger partial charge in [0.1, 0.15) is 43.4 Å². The van der Waals surface area contributed by atoms with E-state index in [1.807, 2.05) is 54.6 Å². The second kappa shape index (κ2) is 13.4. The van der Waals surface area contributed by atoms with Crippen LogP contribution in [0.3, 0.4) is 0 Å². The van der Waals surface area contributed by atoms with Crippen molar-refractivity contribution in [3.63, 3.8) is 0 Å². The molecule has 1 aliphatic rings. The van der Waals surface area contributed by atoms with E-state index in [-0.39, 0.29) is 13.2 Å². The van der Waals surface area contributed by atoms with Gasteiger partial charge in [0.2, 0.25) is 0 Å². The van der Waals surface area contributed by atoms with Crippen molar-refractivity contribution < 1.29 is 48.9 Å². The van der Waals surface area contributed by atoms with Crippen LogP contribution in [0.2, 0.25) is 0 Å². The SMILES string of the molecule is COc1ccccc1OCCNC[C@H](COc1cccc2[nH]c3ccccc3c12)O[C@@H]1O[C@@H](C(=O)O)[C@@H](O)[C@H](O)[C@@H]1O. The summed E-state index contributed by atoms with van der Waals surface area (Å²) >= 11 is 0. The first kappa shape index (κ1) is 29.6. The zero-order chi connectivity index (χ0) is 29.6. The van der Waals surface area contributed by atoms with Gasteiger partial charge in [-0.2, -0.15) is 0 Å². The van der Waals surface area contributed by atoms with Gasteiger partial charge in [0.05, 0.1) is 12.6 Å². The fraction of sp³-hybridized carbons (Fsp3) is 0.367. The molecule has 0 spiro atoms. The molecule has 6 atom stereocenters. The van der Waals surface area contributed by atoms with Crippen molar-refractivity contribution in [2.24, 2.45) is 0 Å². The van der Waals surface area contributed by atoms with Crippen molar-refractivity contribution in [2.75, 3.05) is 33.4 Å². The number of rotatable bonds is 13. The van der Waals surface area contributed by atoms with Gasteiger partial charge in [-0.15, -0.1) is 0 Å². The molecule has 1 saturated heterocycles. The number of aliphatic carboxylic acids is 1. The van der Waals surface area contributed by atoms with Crippen LogP contribution in [-0.4, -0.2) is 102 Å². The lowest BCUT2D eigenvalue weighted by atomic mass is 9.99. The number of carboxylic acid groups (broad SMARTS) is 1. The molecule has 0 aliphatic carbocycles. The summed E-state index contributed by atoms with van der Waals surface area (Å²) in [6, 6.07) is 20.8. The Morgan fingerprint density at radius 3 is 2.40 bits per heavy atom. The Morgan fingerprint density at radius 1 is 0.905 bits per heavy atom. The number of aromatic amines is 1. The van der Waals surface area contributed by atoms with Crippen LogP contribution in [0.5, 0.6) is 17.2 Å². The van der Waals surface area contributed by atoms with Crippen LogP contribution >= 0.6 is 0 Å².